The molecule has 1 spiro atoms. The van der Waals surface area contributed by atoms with E-state index in [1.165, 1.54) is 0 Å². The quantitative estimate of drug-likeness (QED) is 0.779. The van der Waals surface area contributed by atoms with Crippen molar-refractivity contribution in [2.45, 2.75) is 38.0 Å². The van der Waals surface area contributed by atoms with E-state index >= 15 is 0 Å². The summed E-state index contributed by atoms with van der Waals surface area (Å²) in [7, 11) is 0. The van der Waals surface area contributed by atoms with Gasteiger partial charge in [-0.25, -0.2) is 0 Å². The zero-order valence-electron chi connectivity index (χ0n) is 16.7. The molecule has 1 amide bonds. The summed E-state index contributed by atoms with van der Waals surface area (Å²) in [6.07, 6.45) is 3.24. The first kappa shape index (κ1) is 19.1. The number of fused-ring (bicyclic) bond motifs is 1. The van der Waals surface area contributed by atoms with Gasteiger partial charge in [0.05, 0.1) is 12.2 Å². The van der Waals surface area contributed by atoms with Crippen molar-refractivity contribution in [3.05, 3.63) is 57.5 Å². The molecule has 0 bridgehead atoms. The average Bonchev–Trinajstić information content (AvgIpc) is 3.19. The molecule has 0 radical (unpaired) electrons. The summed E-state index contributed by atoms with van der Waals surface area (Å²) in [6.45, 7) is 3.97. The number of ether oxygens (including phenoxy) is 3. The van der Waals surface area contributed by atoms with Crippen LogP contribution >= 0.6 is 0 Å². The molecule has 8 nitrogen and oxygen atoms in total. The molecule has 2 fully saturated rings. The molecule has 2 saturated heterocycles. The molecule has 3 aliphatic heterocycles. The molecule has 2 N–H and O–H groups in total. The lowest BCUT2D eigenvalue weighted by Gasteiger charge is -2.47. The normalized spacial score (nSPS) is 19.5. The van der Waals surface area contributed by atoms with Crippen LogP contribution in [-0.4, -0.2) is 47.9 Å². The molecule has 0 unspecified atom stereocenters. The highest BCUT2D eigenvalue weighted by Gasteiger charge is 2.40. The van der Waals surface area contributed by atoms with E-state index in [0.717, 1.165) is 50.2 Å². The average molecular weight is 411 g/mol. The largest absolute Gasteiger partial charge is 0.454 e. The second kappa shape index (κ2) is 7.77. The van der Waals surface area contributed by atoms with Crippen molar-refractivity contribution in [3.63, 3.8) is 0 Å². The number of pyridine rings is 1. The summed E-state index contributed by atoms with van der Waals surface area (Å²) in [6, 6.07) is 8.92. The topological polar surface area (TPSA) is 92.9 Å². The molecule has 158 valence electrons. The summed E-state index contributed by atoms with van der Waals surface area (Å²) in [5.41, 5.74) is 1.55. The van der Waals surface area contributed by atoms with Crippen LogP contribution in [0.15, 0.2) is 35.1 Å². The van der Waals surface area contributed by atoms with Crippen molar-refractivity contribution >= 4 is 5.91 Å². The number of nitrogens with one attached hydrogen (secondary N) is 2. The molecular formula is C22H25N3O5. The second-order valence-corrected chi connectivity index (χ2v) is 8.15. The molecule has 30 heavy (non-hydrogen) atoms. The molecule has 8 heteroatoms. The maximum atomic E-state index is 12.5. The number of piperidine rings is 1. The lowest BCUT2D eigenvalue weighted by molar-refractivity contribution is -0.173. The molecule has 5 rings (SSSR count). The summed E-state index contributed by atoms with van der Waals surface area (Å²) < 4.78 is 16.4. The van der Waals surface area contributed by atoms with Gasteiger partial charge in [0.25, 0.3) is 11.5 Å². The van der Waals surface area contributed by atoms with E-state index in [2.05, 4.69) is 15.2 Å². The highest BCUT2D eigenvalue weighted by Crippen LogP contribution is 2.37. The third-order valence-electron chi connectivity index (χ3n) is 6.23. The number of carbonyl (C=O) groups excluding carboxylic acids is 1. The first-order chi connectivity index (χ1) is 14.6. The minimum Gasteiger partial charge on any atom is -0.454 e. The van der Waals surface area contributed by atoms with Gasteiger partial charge in [-0.1, -0.05) is 6.07 Å². The van der Waals surface area contributed by atoms with Gasteiger partial charge in [-0.2, -0.15) is 0 Å². The smallest absolute Gasteiger partial charge is 0.261 e. The van der Waals surface area contributed by atoms with Crippen molar-refractivity contribution in [3.8, 4) is 11.5 Å². The van der Waals surface area contributed by atoms with E-state index in [1.54, 1.807) is 6.07 Å². The zero-order chi connectivity index (χ0) is 20.6. The van der Waals surface area contributed by atoms with Crippen LogP contribution < -0.4 is 20.3 Å². The van der Waals surface area contributed by atoms with E-state index < -0.39 is 5.91 Å². The standard InChI is InChI=1S/C22H25N3O5/c26-20(23-12-15-1-4-18-19(11-15)29-14-28-18)17-3-2-16(24-21(17)27)13-25-8-5-22(6-9-25)7-10-30-22/h1-4,11H,5-10,12-14H2,(H,23,26)(H,24,27). The summed E-state index contributed by atoms with van der Waals surface area (Å²) in [5.74, 6) is 0.958. The number of hydrogen-bond donors (Lipinski definition) is 2. The van der Waals surface area contributed by atoms with E-state index in [0.29, 0.717) is 24.6 Å². The van der Waals surface area contributed by atoms with E-state index in [4.69, 9.17) is 14.2 Å². The van der Waals surface area contributed by atoms with Crippen LogP contribution in [0.3, 0.4) is 0 Å². The van der Waals surface area contributed by atoms with Gasteiger partial charge in [0.1, 0.15) is 5.56 Å². The molecular weight excluding hydrogens is 386 g/mol. The van der Waals surface area contributed by atoms with E-state index in [-0.39, 0.29) is 23.5 Å². The minimum atomic E-state index is -0.400. The van der Waals surface area contributed by atoms with Gasteiger partial charge in [-0.05, 0) is 49.1 Å². The Kier molecular flexibility index (Phi) is 4.96. The number of benzene rings is 1. The Bertz CT molecular complexity index is 1000. The Balaban J connectivity index is 1.17. The maximum absolute atomic E-state index is 12.5. The SMILES string of the molecule is O=C(NCc1ccc2c(c1)OCO2)c1ccc(CN2CCC3(CCO3)CC2)[nH]c1=O. The number of likely N-dealkylation sites (tertiary alicyclic amines) is 1. The molecule has 2 aromatic rings. The van der Waals surface area contributed by atoms with Crippen LogP contribution in [0.5, 0.6) is 11.5 Å². The van der Waals surface area contributed by atoms with Crippen molar-refractivity contribution < 1.29 is 19.0 Å². The van der Waals surface area contributed by atoms with Gasteiger partial charge >= 0.3 is 0 Å². The van der Waals surface area contributed by atoms with Crippen LogP contribution in [0.4, 0.5) is 0 Å². The number of aromatic nitrogens is 1. The first-order valence-corrected chi connectivity index (χ1v) is 10.4. The third-order valence-corrected chi connectivity index (χ3v) is 6.23. The molecule has 4 heterocycles. The summed E-state index contributed by atoms with van der Waals surface area (Å²) >= 11 is 0. The van der Waals surface area contributed by atoms with Crippen molar-refractivity contribution in [1.82, 2.24) is 15.2 Å². The Morgan fingerprint density at radius 3 is 2.63 bits per heavy atom. The van der Waals surface area contributed by atoms with Gasteiger partial charge in [-0.15, -0.1) is 0 Å². The number of carbonyl (C=O) groups is 1. The number of rotatable bonds is 5. The zero-order valence-corrected chi connectivity index (χ0v) is 16.7. The van der Waals surface area contributed by atoms with Crippen molar-refractivity contribution in [2.24, 2.45) is 0 Å². The van der Waals surface area contributed by atoms with Crippen LogP contribution in [-0.2, 0) is 17.8 Å². The molecule has 0 atom stereocenters. The predicted molar refractivity (Wildman–Crippen MR) is 109 cm³/mol. The Hall–Kier alpha value is -2.84. The second-order valence-electron chi connectivity index (χ2n) is 8.15. The number of H-pyrrole nitrogens is 1. The number of amides is 1. The summed E-state index contributed by atoms with van der Waals surface area (Å²) in [5, 5.41) is 2.79. The third kappa shape index (κ3) is 3.80. The number of aromatic amines is 1. The fourth-order valence-electron chi connectivity index (χ4n) is 4.26. The predicted octanol–water partition coefficient (Wildman–Crippen LogP) is 1.79. The van der Waals surface area contributed by atoms with E-state index in [9.17, 15) is 9.59 Å². The van der Waals surface area contributed by atoms with Gasteiger partial charge in [0.15, 0.2) is 11.5 Å². The Morgan fingerprint density at radius 2 is 1.90 bits per heavy atom. The van der Waals surface area contributed by atoms with Crippen molar-refractivity contribution in [2.75, 3.05) is 26.5 Å². The molecule has 1 aromatic carbocycles. The Morgan fingerprint density at radius 1 is 1.10 bits per heavy atom. The van der Waals surface area contributed by atoms with Gasteiger partial charge in [-0.3, -0.25) is 14.5 Å². The fraction of sp³-hybridized carbons (Fsp3) is 0.455. The molecule has 1 aromatic heterocycles. The van der Waals surface area contributed by atoms with Gasteiger partial charge in [0.2, 0.25) is 6.79 Å². The molecule has 0 saturated carbocycles. The fourth-order valence-corrected chi connectivity index (χ4v) is 4.26. The summed E-state index contributed by atoms with van der Waals surface area (Å²) in [4.78, 5) is 30.1. The van der Waals surface area contributed by atoms with Crippen LogP contribution in [0.25, 0.3) is 0 Å². The van der Waals surface area contributed by atoms with Crippen LogP contribution in [0, 0.1) is 0 Å². The van der Waals surface area contributed by atoms with Crippen molar-refractivity contribution in [1.29, 1.82) is 0 Å². The molecule has 3 aliphatic rings. The minimum absolute atomic E-state index is 0.111. The molecule has 0 aliphatic carbocycles. The Labute approximate surface area is 174 Å². The maximum Gasteiger partial charge on any atom is 0.261 e. The number of hydrogen-bond acceptors (Lipinski definition) is 6. The highest BCUT2D eigenvalue weighted by atomic mass is 16.7. The van der Waals surface area contributed by atoms with Crippen LogP contribution in [0.2, 0.25) is 0 Å². The number of nitrogens with zero attached hydrogens (tertiary/aromatic N) is 1. The first-order valence-electron chi connectivity index (χ1n) is 10.4. The van der Waals surface area contributed by atoms with Crippen LogP contribution in [0.1, 0.15) is 40.9 Å². The van der Waals surface area contributed by atoms with Gasteiger partial charge < -0.3 is 24.5 Å². The lowest BCUT2D eigenvalue weighted by Crippen LogP contribution is -2.52. The monoisotopic (exact) mass is 411 g/mol. The van der Waals surface area contributed by atoms with Gasteiger partial charge in [0, 0.05) is 31.9 Å². The lowest BCUT2D eigenvalue weighted by atomic mass is 9.84. The highest BCUT2D eigenvalue weighted by molar-refractivity contribution is 5.93. The van der Waals surface area contributed by atoms with E-state index in [1.807, 2.05) is 24.3 Å².